The van der Waals surface area contributed by atoms with Gasteiger partial charge in [0.05, 0.1) is 0 Å². The summed E-state index contributed by atoms with van der Waals surface area (Å²) in [5.41, 5.74) is 0.322. The summed E-state index contributed by atoms with van der Waals surface area (Å²) in [6.07, 6.45) is 3.12. The van der Waals surface area contributed by atoms with Gasteiger partial charge < -0.3 is 10.4 Å². The van der Waals surface area contributed by atoms with Gasteiger partial charge >= 0.3 is 0 Å². The van der Waals surface area contributed by atoms with Crippen molar-refractivity contribution in [1.29, 1.82) is 0 Å². The molecule has 0 heterocycles. The minimum absolute atomic E-state index is 0.304. The Morgan fingerprint density at radius 3 is 2.21 bits per heavy atom. The van der Waals surface area contributed by atoms with Gasteiger partial charge in [0, 0.05) is 18.7 Å². The molecule has 2 heteroatoms. The van der Waals surface area contributed by atoms with Gasteiger partial charge in [-0.15, -0.1) is 0 Å². The molecule has 2 atom stereocenters. The molecule has 2 N–H and O–H groups in total. The summed E-state index contributed by atoms with van der Waals surface area (Å²) in [7, 11) is 0. The van der Waals surface area contributed by atoms with Gasteiger partial charge in [-0.2, -0.15) is 0 Å². The standard InChI is InChI=1S/C12H27NO/c1-6-11(12(3,4)5)13-10(2)8-7-9-14/h10-11,13-14H,6-9H2,1-5H3. The Balaban J connectivity index is 3.93. The molecule has 0 aliphatic heterocycles. The first-order valence-corrected chi connectivity index (χ1v) is 5.78. The smallest absolute Gasteiger partial charge is 0.0431 e. The Labute approximate surface area is 89.1 Å². The third-order valence-corrected chi connectivity index (χ3v) is 2.73. The van der Waals surface area contributed by atoms with E-state index in [1.165, 1.54) is 0 Å². The summed E-state index contributed by atoms with van der Waals surface area (Å²) in [5.74, 6) is 0. The summed E-state index contributed by atoms with van der Waals surface area (Å²) in [6, 6.07) is 1.07. The van der Waals surface area contributed by atoms with Crippen LogP contribution < -0.4 is 5.32 Å². The summed E-state index contributed by atoms with van der Waals surface area (Å²) in [6.45, 7) is 11.5. The highest BCUT2D eigenvalue weighted by molar-refractivity contribution is 4.81. The van der Waals surface area contributed by atoms with Crippen molar-refractivity contribution in [3.63, 3.8) is 0 Å². The monoisotopic (exact) mass is 201 g/mol. The third kappa shape index (κ3) is 5.61. The Hall–Kier alpha value is -0.0800. The topological polar surface area (TPSA) is 32.3 Å². The fourth-order valence-electron chi connectivity index (χ4n) is 1.80. The van der Waals surface area contributed by atoms with Gasteiger partial charge in [0.2, 0.25) is 0 Å². The van der Waals surface area contributed by atoms with E-state index in [0.29, 0.717) is 24.1 Å². The highest BCUT2D eigenvalue weighted by Gasteiger charge is 2.23. The Bertz CT molecular complexity index is 140. The maximum Gasteiger partial charge on any atom is 0.0431 e. The van der Waals surface area contributed by atoms with Crippen LogP contribution in [-0.2, 0) is 0 Å². The fraction of sp³-hybridized carbons (Fsp3) is 1.00. The van der Waals surface area contributed by atoms with Crippen molar-refractivity contribution in [2.24, 2.45) is 5.41 Å². The molecule has 0 amide bonds. The molecule has 0 aromatic carbocycles. The van der Waals surface area contributed by atoms with Gasteiger partial charge in [0.25, 0.3) is 0 Å². The predicted molar refractivity (Wildman–Crippen MR) is 62.5 cm³/mol. The Morgan fingerprint density at radius 2 is 1.86 bits per heavy atom. The molecule has 0 saturated carbocycles. The van der Waals surface area contributed by atoms with Crippen LogP contribution in [0.2, 0.25) is 0 Å². The first-order chi connectivity index (χ1) is 6.41. The number of hydrogen-bond acceptors (Lipinski definition) is 2. The molecule has 86 valence electrons. The molecule has 0 fully saturated rings. The highest BCUT2D eigenvalue weighted by Crippen LogP contribution is 2.22. The SMILES string of the molecule is CCC(NC(C)CCCO)C(C)(C)C. The van der Waals surface area contributed by atoms with E-state index in [0.717, 1.165) is 19.3 Å². The van der Waals surface area contributed by atoms with Gasteiger partial charge in [-0.1, -0.05) is 27.7 Å². The summed E-state index contributed by atoms with van der Waals surface area (Å²) in [4.78, 5) is 0. The zero-order valence-electron chi connectivity index (χ0n) is 10.4. The van der Waals surface area contributed by atoms with E-state index < -0.39 is 0 Å². The van der Waals surface area contributed by atoms with E-state index in [-0.39, 0.29) is 0 Å². The second-order valence-electron chi connectivity index (χ2n) is 5.26. The van der Waals surface area contributed by atoms with Crippen LogP contribution in [0.4, 0.5) is 0 Å². The molecular formula is C12H27NO. The summed E-state index contributed by atoms with van der Waals surface area (Å²) < 4.78 is 0. The van der Waals surface area contributed by atoms with Gasteiger partial charge in [-0.3, -0.25) is 0 Å². The van der Waals surface area contributed by atoms with Crippen molar-refractivity contribution in [1.82, 2.24) is 5.32 Å². The van der Waals surface area contributed by atoms with Crippen LogP contribution >= 0.6 is 0 Å². The van der Waals surface area contributed by atoms with E-state index >= 15 is 0 Å². The molecule has 0 aromatic heterocycles. The minimum Gasteiger partial charge on any atom is -0.396 e. The maximum atomic E-state index is 8.74. The molecule has 2 unspecified atom stereocenters. The zero-order chi connectivity index (χ0) is 11.2. The number of rotatable bonds is 6. The molecule has 0 aliphatic rings. The molecule has 0 saturated heterocycles. The van der Waals surface area contributed by atoms with Crippen molar-refractivity contribution in [2.75, 3.05) is 6.61 Å². The lowest BCUT2D eigenvalue weighted by Gasteiger charge is -2.33. The largest absolute Gasteiger partial charge is 0.396 e. The molecule has 0 spiro atoms. The third-order valence-electron chi connectivity index (χ3n) is 2.73. The first-order valence-electron chi connectivity index (χ1n) is 5.78. The Morgan fingerprint density at radius 1 is 1.29 bits per heavy atom. The van der Waals surface area contributed by atoms with Crippen LogP contribution in [0, 0.1) is 5.41 Å². The summed E-state index contributed by atoms with van der Waals surface area (Å²) in [5, 5.41) is 12.4. The van der Waals surface area contributed by atoms with Crippen molar-refractivity contribution in [3.05, 3.63) is 0 Å². The van der Waals surface area contributed by atoms with Crippen LogP contribution in [0.25, 0.3) is 0 Å². The minimum atomic E-state index is 0.304. The van der Waals surface area contributed by atoms with E-state index in [9.17, 15) is 0 Å². The molecule has 0 rings (SSSR count). The summed E-state index contributed by atoms with van der Waals surface area (Å²) >= 11 is 0. The zero-order valence-corrected chi connectivity index (χ0v) is 10.4. The second kappa shape index (κ2) is 6.41. The molecule has 0 bridgehead atoms. The lowest BCUT2D eigenvalue weighted by atomic mass is 9.84. The van der Waals surface area contributed by atoms with Gasteiger partial charge in [-0.05, 0) is 31.6 Å². The van der Waals surface area contributed by atoms with Crippen LogP contribution in [0.5, 0.6) is 0 Å². The van der Waals surface area contributed by atoms with Crippen LogP contribution in [0.1, 0.15) is 53.9 Å². The second-order valence-corrected chi connectivity index (χ2v) is 5.26. The van der Waals surface area contributed by atoms with Gasteiger partial charge in [-0.25, -0.2) is 0 Å². The first kappa shape index (κ1) is 13.9. The fourth-order valence-corrected chi connectivity index (χ4v) is 1.80. The molecular weight excluding hydrogens is 174 g/mol. The number of aliphatic hydroxyl groups excluding tert-OH is 1. The van der Waals surface area contributed by atoms with E-state index in [1.807, 2.05) is 0 Å². The lowest BCUT2D eigenvalue weighted by Crippen LogP contribution is -2.44. The van der Waals surface area contributed by atoms with Crippen LogP contribution in [0.15, 0.2) is 0 Å². The average molecular weight is 201 g/mol. The molecule has 2 nitrogen and oxygen atoms in total. The van der Waals surface area contributed by atoms with Crippen LogP contribution in [0.3, 0.4) is 0 Å². The van der Waals surface area contributed by atoms with Gasteiger partial charge in [0.15, 0.2) is 0 Å². The number of nitrogens with one attached hydrogen (secondary N) is 1. The van der Waals surface area contributed by atoms with E-state index in [4.69, 9.17) is 5.11 Å². The number of aliphatic hydroxyl groups is 1. The van der Waals surface area contributed by atoms with E-state index in [2.05, 4.69) is 39.9 Å². The van der Waals surface area contributed by atoms with Crippen molar-refractivity contribution in [2.45, 2.75) is 66.0 Å². The van der Waals surface area contributed by atoms with E-state index in [1.54, 1.807) is 0 Å². The Kier molecular flexibility index (Phi) is 6.38. The van der Waals surface area contributed by atoms with Crippen molar-refractivity contribution in [3.8, 4) is 0 Å². The molecule has 0 aliphatic carbocycles. The lowest BCUT2D eigenvalue weighted by molar-refractivity contribution is 0.228. The molecule has 14 heavy (non-hydrogen) atoms. The highest BCUT2D eigenvalue weighted by atomic mass is 16.2. The quantitative estimate of drug-likeness (QED) is 0.692. The van der Waals surface area contributed by atoms with Crippen molar-refractivity contribution >= 4 is 0 Å². The van der Waals surface area contributed by atoms with Crippen LogP contribution in [-0.4, -0.2) is 23.8 Å². The van der Waals surface area contributed by atoms with Crippen molar-refractivity contribution < 1.29 is 5.11 Å². The average Bonchev–Trinajstić information content (AvgIpc) is 2.08. The number of hydrogen-bond donors (Lipinski definition) is 2. The predicted octanol–water partition coefficient (Wildman–Crippen LogP) is 2.56. The molecule has 0 aromatic rings. The van der Waals surface area contributed by atoms with Gasteiger partial charge in [0.1, 0.15) is 0 Å². The normalized spacial score (nSPS) is 16.7. The maximum absolute atomic E-state index is 8.74. The molecule has 0 radical (unpaired) electrons.